The van der Waals surface area contributed by atoms with Crippen molar-refractivity contribution in [3.63, 3.8) is 0 Å². The third-order valence-corrected chi connectivity index (χ3v) is 6.58. The summed E-state index contributed by atoms with van der Waals surface area (Å²) in [6.07, 6.45) is -5.46. The second-order valence-electron chi connectivity index (χ2n) is 8.88. The van der Waals surface area contributed by atoms with Crippen LogP contribution in [-0.4, -0.2) is 50.7 Å². The Labute approximate surface area is 218 Å². The van der Waals surface area contributed by atoms with Gasteiger partial charge in [-0.15, -0.1) is 13.2 Å². The third-order valence-electron chi connectivity index (χ3n) is 6.58. The number of carbonyl (C=O) groups is 4. The lowest BCUT2D eigenvalue weighted by atomic mass is 10.0. The summed E-state index contributed by atoms with van der Waals surface area (Å²) >= 11 is 0. The van der Waals surface area contributed by atoms with E-state index in [0.717, 1.165) is 12.1 Å². The Morgan fingerprint density at radius 3 is 2.08 bits per heavy atom. The number of imide groups is 1. The van der Waals surface area contributed by atoms with E-state index in [1.54, 1.807) is 42.5 Å². The van der Waals surface area contributed by atoms with E-state index in [4.69, 9.17) is 0 Å². The fraction of sp³-hybridized carbons (Fsp3) is 0.143. The number of hydrogen-bond acceptors (Lipinski definition) is 5. The molecule has 4 aromatic rings. The molecular formula is C28H19F3N2O6. The Morgan fingerprint density at radius 2 is 1.51 bits per heavy atom. The maximum absolute atomic E-state index is 13.5. The molecule has 5 rings (SSSR count). The number of ether oxygens (including phenoxy) is 1. The zero-order valence-corrected chi connectivity index (χ0v) is 20.2. The molecule has 2 heterocycles. The zero-order valence-electron chi connectivity index (χ0n) is 20.2. The van der Waals surface area contributed by atoms with E-state index in [9.17, 15) is 37.5 Å². The number of nitrogens with zero attached hydrogens (tertiary/aromatic N) is 2. The number of aromatic nitrogens is 1. The van der Waals surface area contributed by atoms with Crippen molar-refractivity contribution in [1.29, 1.82) is 0 Å². The molecule has 1 aliphatic heterocycles. The van der Waals surface area contributed by atoms with Gasteiger partial charge in [0.25, 0.3) is 17.7 Å². The van der Waals surface area contributed by atoms with Crippen LogP contribution in [0.25, 0.3) is 10.9 Å². The lowest BCUT2D eigenvalue weighted by Crippen LogP contribution is -2.46. The third kappa shape index (κ3) is 4.52. The maximum Gasteiger partial charge on any atom is 0.573 e. The lowest BCUT2D eigenvalue weighted by molar-refractivity contribution is -0.274. The maximum atomic E-state index is 13.5. The Kier molecular flexibility index (Phi) is 6.21. The predicted molar refractivity (Wildman–Crippen MR) is 132 cm³/mol. The lowest BCUT2D eigenvalue weighted by Gasteiger charge is -2.23. The normalized spacial score (nSPS) is 14.0. The van der Waals surface area contributed by atoms with Gasteiger partial charge in [0.15, 0.2) is 0 Å². The number of carboxylic acid groups (broad SMARTS) is 1. The number of fused-ring (bicyclic) bond motifs is 2. The second-order valence-corrected chi connectivity index (χ2v) is 8.88. The molecule has 39 heavy (non-hydrogen) atoms. The van der Waals surface area contributed by atoms with Crippen LogP contribution in [0.4, 0.5) is 13.2 Å². The van der Waals surface area contributed by atoms with Gasteiger partial charge in [0, 0.05) is 23.1 Å². The van der Waals surface area contributed by atoms with Gasteiger partial charge in [-0.25, -0.2) is 4.79 Å². The summed E-state index contributed by atoms with van der Waals surface area (Å²) in [7, 11) is 0. The highest BCUT2D eigenvalue weighted by Gasteiger charge is 2.43. The van der Waals surface area contributed by atoms with Crippen molar-refractivity contribution in [1.82, 2.24) is 9.47 Å². The molecule has 1 aliphatic rings. The van der Waals surface area contributed by atoms with Crippen molar-refractivity contribution in [2.45, 2.75) is 25.7 Å². The molecule has 1 N–H and O–H groups in total. The largest absolute Gasteiger partial charge is 0.573 e. The topological polar surface area (TPSA) is 106 Å². The predicted octanol–water partition coefficient (Wildman–Crippen LogP) is 4.83. The van der Waals surface area contributed by atoms with Crippen molar-refractivity contribution < 1.29 is 42.2 Å². The first-order valence-corrected chi connectivity index (χ1v) is 11.7. The number of carbonyl (C=O) groups excluding carboxylic acids is 3. The fourth-order valence-electron chi connectivity index (χ4n) is 4.86. The molecular weight excluding hydrogens is 517 g/mol. The van der Waals surface area contributed by atoms with Gasteiger partial charge in [-0.2, -0.15) is 0 Å². The number of halogens is 3. The number of hydrogen-bond donors (Lipinski definition) is 1. The quantitative estimate of drug-likeness (QED) is 0.354. The Hall–Kier alpha value is -4.93. The zero-order chi connectivity index (χ0) is 28.1. The van der Waals surface area contributed by atoms with Crippen LogP contribution in [0.1, 0.15) is 42.3 Å². The van der Waals surface area contributed by atoms with Crippen molar-refractivity contribution >= 4 is 34.6 Å². The molecule has 3 aromatic carbocycles. The molecule has 1 aromatic heterocycles. The van der Waals surface area contributed by atoms with Crippen LogP contribution in [0.2, 0.25) is 0 Å². The van der Waals surface area contributed by atoms with Gasteiger partial charge in [0.2, 0.25) is 0 Å². The van der Waals surface area contributed by atoms with Crippen molar-refractivity contribution in [2.24, 2.45) is 0 Å². The van der Waals surface area contributed by atoms with Crippen LogP contribution in [0.5, 0.6) is 5.75 Å². The number of alkyl halides is 3. The molecule has 0 spiro atoms. The Balaban J connectivity index is 1.65. The molecule has 198 valence electrons. The van der Waals surface area contributed by atoms with Crippen LogP contribution in [0.3, 0.4) is 0 Å². The summed E-state index contributed by atoms with van der Waals surface area (Å²) in [5.74, 6) is -4.17. The standard InChI is InChI=1S/C28H19F3N2O6/c1-15-20(14-23(27(37)38)33-25(35)18-9-5-6-10-19(18)26(33)36)21-13-17(39-28(29,30)31)11-12-22(21)32(15)24(34)16-7-3-2-4-8-16/h2-13,23H,14H2,1H3,(H,37,38). The van der Waals surface area contributed by atoms with E-state index < -0.39 is 48.3 Å². The number of rotatable bonds is 6. The van der Waals surface area contributed by atoms with Crippen LogP contribution < -0.4 is 4.74 Å². The van der Waals surface area contributed by atoms with Gasteiger partial charge < -0.3 is 9.84 Å². The highest BCUT2D eigenvalue weighted by atomic mass is 19.4. The van der Waals surface area contributed by atoms with Gasteiger partial charge in [0.1, 0.15) is 11.8 Å². The van der Waals surface area contributed by atoms with Crippen molar-refractivity contribution in [3.05, 3.63) is 101 Å². The van der Waals surface area contributed by atoms with Gasteiger partial charge in [-0.1, -0.05) is 30.3 Å². The SMILES string of the molecule is Cc1c(CC(C(=O)O)N2C(=O)c3ccccc3C2=O)c2cc(OC(F)(F)F)ccc2n1C(=O)c1ccccc1. The van der Waals surface area contributed by atoms with Gasteiger partial charge in [-0.3, -0.25) is 23.9 Å². The van der Waals surface area contributed by atoms with Crippen LogP contribution in [0.15, 0.2) is 72.8 Å². The Morgan fingerprint density at radius 1 is 0.923 bits per heavy atom. The smallest absolute Gasteiger partial charge is 0.480 e. The molecule has 0 aliphatic carbocycles. The fourth-order valence-corrected chi connectivity index (χ4v) is 4.86. The minimum absolute atomic E-state index is 0.0491. The molecule has 0 saturated heterocycles. The first-order valence-electron chi connectivity index (χ1n) is 11.7. The van der Waals surface area contributed by atoms with Gasteiger partial charge >= 0.3 is 12.3 Å². The average Bonchev–Trinajstić information content (AvgIpc) is 3.31. The summed E-state index contributed by atoms with van der Waals surface area (Å²) in [6, 6.07) is 15.7. The first-order chi connectivity index (χ1) is 18.5. The molecule has 11 heteroatoms. The minimum atomic E-state index is -4.99. The molecule has 0 saturated carbocycles. The molecule has 0 radical (unpaired) electrons. The number of amides is 2. The molecule has 0 bridgehead atoms. The monoisotopic (exact) mass is 536 g/mol. The summed E-state index contributed by atoms with van der Waals surface area (Å²) in [5.41, 5.74) is 1.00. The van der Waals surface area contributed by atoms with E-state index in [1.165, 1.54) is 29.7 Å². The summed E-state index contributed by atoms with van der Waals surface area (Å²) in [4.78, 5) is 52.6. The number of benzene rings is 3. The first kappa shape index (κ1) is 25.7. The molecule has 1 atom stereocenters. The highest BCUT2D eigenvalue weighted by Crippen LogP contribution is 2.35. The van der Waals surface area contributed by atoms with E-state index in [2.05, 4.69) is 4.74 Å². The minimum Gasteiger partial charge on any atom is -0.480 e. The average molecular weight is 536 g/mol. The van der Waals surface area contributed by atoms with E-state index in [1.807, 2.05) is 0 Å². The molecule has 2 amide bonds. The molecule has 0 fully saturated rings. The Bertz CT molecular complexity index is 1620. The van der Waals surface area contributed by atoms with Gasteiger partial charge in [0.05, 0.1) is 16.6 Å². The van der Waals surface area contributed by atoms with Crippen LogP contribution >= 0.6 is 0 Å². The molecule has 1 unspecified atom stereocenters. The molecule has 8 nitrogen and oxygen atoms in total. The van der Waals surface area contributed by atoms with E-state index >= 15 is 0 Å². The van der Waals surface area contributed by atoms with Crippen molar-refractivity contribution in [2.75, 3.05) is 0 Å². The van der Waals surface area contributed by atoms with Crippen LogP contribution in [0, 0.1) is 6.92 Å². The summed E-state index contributed by atoms with van der Waals surface area (Å²) in [6.45, 7) is 1.52. The highest BCUT2D eigenvalue weighted by molar-refractivity contribution is 6.22. The number of carboxylic acids is 1. The summed E-state index contributed by atoms with van der Waals surface area (Å²) in [5, 5.41) is 10.2. The van der Waals surface area contributed by atoms with Crippen molar-refractivity contribution in [3.8, 4) is 5.75 Å². The van der Waals surface area contributed by atoms with E-state index in [-0.39, 0.29) is 38.9 Å². The van der Waals surface area contributed by atoms with Crippen LogP contribution in [-0.2, 0) is 11.2 Å². The second kappa shape index (κ2) is 9.43. The van der Waals surface area contributed by atoms with Gasteiger partial charge in [-0.05, 0) is 55.0 Å². The summed E-state index contributed by atoms with van der Waals surface area (Å²) < 4.78 is 44.2. The van der Waals surface area contributed by atoms with E-state index in [0.29, 0.717) is 4.90 Å². The number of aliphatic carboxylic acids is 1.